The zero-order valence-corrected chi connectivity index (χ0v) is 24.0. The van der Waals surface area contributed by atoms with E-state index in [0.29, 0.717) is 40.4 Å². The molecule has 0 saturated carbocycles. The van der Waals surface area contributed by atoms with Gasteiger partial charge in [0.2, 0.25) is 5.84 Å². The molecule has 2 heterocycles. The second-order valence-electron chi connectivity index (χ2n) is 9.06. The van der Waals surface area contributed by atoms with Crippen LogP contribution in [-0.2, 0) is 14.3 Å². The van der Waals surface area contributed by atoms with Gasteiger partial charge in [-0.15, -0.1) is 5.10 Å². The number of esters is 1. The summed E-state index contributed by atoms with van der Waals surface area (Å²) >= 11 is 13.0. The largest absolute Gasteiger partial charge is 0.493 e. The second-order valence-corrected chi connectivity index (χ2v) is 9.90. The van der Waals surface area contributed by atoms with Crippen LogP contribution in [-0.4, -0.2) is 58.9 Å². The number of hydrogen-bond acceptors (Lipinski definition) is 9. The lowest BCUT2D eigenvalue weighted by Gasteiger charge is -2.33. The summed E-state index contributed by atoms with van der Waals surface area (Å²) in [5.74, 6) is 0.684. The highest BCUT2D eigenvalue weighted by Gasteiger charge is 2.42. The number of carbonyl (C=O) groups excluding carboxylic acids is 1. The van der Waals surface area contributed by atoms with E-state index < -0.39 is 12.1 Å². The van der Waals surface area contributed by atoms with Crippen molar-refractivity contribution in [3.05, 3.63) is 76.3 Å². The van der Waals surface area contributed by atoms with Gasteiger partial charge in [-0.25, -0.2) is 9.80 Å². The van der Waals surface area contributed by atoms with Gasteiger partial charge >= 0.3 is 5.97 Å². The van der Waals surface area contributed by atoms with Gasteiger partial charge in [0, 0.05) is 29.4 Å². The summed E-state index contributed by atoms with van der Waals surface area (Å²) in [7, 11) is 3.16. The van der Waals surface area contributed by atoms with Gasteiger partial charge in [-0.05, 0) is 61.5 Å². The average Bonchev–Trinajstić information content (AvgIpc) is 3.38. The standard InChI is InChI=1S/C29H30Cl2N4O5/c1-4-40-29(36)27-32-35(21-8-6-20(30)7-9-21)28(19-5-12-25(37-2)26(17-19)38-3)34(27)22-10-11-24(23(31)18-22)33-13-15-39-16-14-33/h5-12,17-18,28H,4,13-16H2,1-3H3. The fourth-order valence-corrected chi connectivity index (χ4v) is 5.25. The van der Waals surface area contributed by atoms with Gasteiger partial charge in [0.25, 0.3) is 0 Å². The van der Waals surface area contributed by atoms with Crippen molar-refractivity contribution in [2.45, 2.75) is 13.1 Å². The summed E-state index contributed by atoms with van der Waals surface area (Å²) < 4.78 is 22.0. The Balaban J connectivity index is 1.65. The van der Waals surface area contributed by atoms with Crippen molar-refractivity contribution in [2.75, 3.05) is 61.9 Å². The first-order valence-electron chi connectivity index (χ1n) is 12.9. The van der Waals surface area contributed by atoms with Crippen molar-refractivity contribution in [1.82, 2.24) is 0 Å². The van der Waals surface area contributed by atoms with E-state index in [2.05, 4.69) is 4.90 Å². The first kappa shape index (κ1) is 27.9. The first-order valence-corrected chi connectivity index (χ1v) is 13.6. The van der Waals surface area contributed by atoms with Crippen LogP contribution >= 0.6 is 23.2 Å². The van der Waals surface area contributed by atoms with E-state index in [-0.39, 0.29) is 12.4 Å². The predicted octanol–water partition coefficient (Wildman–Crippen LogP) is 5.75. The van der Waals surface area contributed by atoms with Gasteiger partial charge in [0.1, 0.15) is 0 Å². The highest BCUT2D eigenvalue weighted by molar-refractivity contribution is 6.42. The number of morpholine rings is 1. The molecule has 1 atom stereocenters. The van der Waals surface area contributed by atoms with Crippen LogP contribution in [0.5, 0.6) is 11.5 Å². The van der Waals surface area contributed by atoms with Gasteiger partial charge < -0.3 is 23.8 Å². The quantitative estimate of drug-likeness (QED) is 0.310. The Morgan fingerprint density at radius 2 is 1.65 bits per heavy atom. The Morgan fingerprint density at radius 3 is 2.30 bits per heavy atom. The molecule has 2 aliphatic rings. The number of halogens is 2. The number of benzene rings is 3. The molecule has 2 aliphatic heterocycles. The number of carbonyl (C=O) groups is 1. The molecule has 0 radical (unpaired) electrons. The summed E-state index contributed by atoms with van der Waals surface area (Å²) in [4.78, 5) is 17.3. The van der Waals surface area contributed by atoms with Gasteiger partial charge in [-0.1, -0.05) is 29.3 Å². The highest BCUT2D eigenvalue weighted by Crippen LogP contribution is 2.43. The molecule has 0 bridgehead atoms. The number of nitrogens with zero attached hydrogens (tertiary/aromatic N) is 4. The fraction of sp³-hybridized carbons (Fsp3) is 0.310. The minimum Gasteiger partial charge on any atom is -0.493 e. The minimum atomic E-state index is -0.592. The van der Waals surface area contributed by atoms with Crippen molar-refractivity contribution in [1.29, 1.82) is 0 Å². The molecule has 40 heavy (non-hydrogen) atoms. The maximum absolute atomic E-state index is 13.3. The topological polar surface area (TPSA) is 76.1 Å². The summed E-state index contributed by atoms with van der Waals surface area (Å²) in [5.41, 5.74) is 3.10. The second kappa shape index (κ2) is 12.2. The molecule has 0 spiro atoms. The Hall–Kier alpha value is -3.66. The lowest BCUT2D eigenvalue weighted by atomic mass is 10.1. The van der Waals surface area contributed by atoms with E-state index in [0.717, 1.165) is 30.0 Å². The van der Waals surface area contributed by atoms with E-state index in [1.165, 1.54) is 0 Å². The van der Waals surface area contributed by atoms with Gasteiger partial charge in [0.15, 0.2) is 17.7 Å². The van der Waals surface area contributed by atoms with E-state index in [1.807, 2.05) is 53.4 Å². The van der Waals surface area contributed by atoms with E-state index in [4.69, 9.17) is 47.3 Å². The molecule has 9 nitrogen and oxygen atoms in total. The van der Waals surface area contributed by atoms with Crippen molar-refractivity contribution in [2.24, 2.45) is 5.10 Å². The molecular formula is C29H30Cl2N4O5. The minimum absolute atomic E-state index is 0.117. The number of methoxy groups -OCH3 is 2. The smallest absolute Gasteiger partial charge is 0.376 e. The molecule has 5 rings (SSSR count). The molecule has 0 amide bonds. The van der Waals surface area contributed by atoms with Crippen molar-refractivity contribution < 1.29 is 23.7 Å². The Bertz CT molecular complexity index is 1400. The molecular weight excluding hydrogens is 555 g/mol. The first-order chi connectivity index (χ1) is 19.4. The van der Waals surface area contributed by atoms with E-state index in [9.17, 15) is 4.79 Å². The monoisotopic (exact) mass is 584 g/mol. The number of rotatable bonds is 8. The van der Waals surface area contributed by atoms with Crippen LogP contribution in [0.15, 0.2) is 65.8 Å². The highest BCUT2D eigenvalue weighted by atomic mass is 35.5. The molecule has 1 unspecified atom stereocenters. The average molecular weight is 585 g/mol. The Labute approximate surface area is 243 Å². The number of hydrogen-bond donors (Lipinski definition) is 0. The van der Waals surface area contributed by atoms with Gasteiger partial charge in [-0.2, -0.15) is 0 Å². The Morgan fingerprint density at radius 1 is 0.950 bits per heavy atom. The molecule has 0 aliphatic carbocycles. The Kier molecular flexibility index (Phi) is 8.54. The van der Waals surface area contributed by atoms with Gasteiger partial charge in [-0.3, -0.25) is 4.90 Å². The lowest BCUT2D eigenvalue weighted by Crippen LogP contribution is -2.39. The van der Waals surface area contributed by atoms with Crippen LogP contribution in [0.2, 0.25) is 10.0 Å². The molecule has 0 N–H and O–H groups in total. The molecule has 210 valence electrons. The van der Waals surface area contributed by atoms with Crippen LogP contribution in [0, 0.1) is 0 Å². The maximum Gasteiger partial charge on any atom is 0.376 e. The number of anilines is 3. The van der Waals surface area contributed by atoms with Crippen LogP contribution in [0.3, 0.4) is 0 Å². The zero-order chi connectivity index (χ0) is 28.2. The third-order valence-corrected chi connectivity index (χ3v) is 7.28. The summed E-state index contributed by atoms with van der Waals surface area (Å²) in [6.07, 6.45) is -0.592. The van der Waals surface area contributed by atoms with Crippen LogP contribution in [0.1, 0.15) is 18.7 Å². The third-order valence-electron chi connectivity index (χ3n) is 6.72. The third kappa shape index (κ3) is 5.50. The van der Waals surface area contributed by atoms with Crippen LogP contribution in [0.4, 0.5) is 17.1 Å². The molecule has 0 aromatic heterocycles. The lowest BCUT2D eigenvalue weighted by molar-refractivity contribution is -0.135. The molecule has 3 aromatic carbocycles. The fourth-order valence-electron chi connectivity index (χ4n) is 4.83. The van der Waals surface area contributed by atoms with E-state index in [1.54, 1.807) is 38.3 Å². The predicted molar refractivity (Wildman–Crippen MR) is 157 cm³/mol. The number of amidine groups is 1. The normalized spacial score (nSPS) is 17.1. The number of ether oxygens (including phenoxy) is 4. The van der Waals surface area contributed by atoms with Crippen molar-refractivity contribution in [3.63, 3.8) is 0 Å². The molecule has 11 heteroatoms. The summed E-state index contributed by atoms with van der Waals surface area (Å²) in [6.45, 7) is 4.73. The van der Waals surface area contributed by atoms with Crippen molar-refractivity contribution in [3.8, 4) is 11.5 Å². The molecule has 3 aromatic rings. The van der Waals surface area contributed by atoms with Crippen LogP contribution < -0.4 is 24.3 Å². The molecule has 1 saturated heterocycles. The summed E-state index contributed by atoms with van der Waals surface area (Å²) in [5, 5.41) is 7.68. The maximum atomic E-state index is 13.3. The SMILES string of the molecule is CCOC(=O)C1=NN(c2ccc(Cl)cc2)C(c2ccc(OC)c(OC)c2)N1c1ccc(N2CCOCC2)c(Cl)c1. The van der Waals surface area contributed by atoms with Crippen LogP contribution in [0.25, 0.3) is 0 Å². The summed E-state index contributed by atoms with van der Waals surface area (Å²) in [6, 6.07) is 18.6. The van der Waals surface area contributed by atoms with E-state index >= 15 is 0 Å². The zero-order valence-electron chi connectivity index (χ0n) is 22.5. The van der Waals surface area contributed by atoms with Crippen molar-refractivity contribution >= 4 is 52.1 Å². The van der Waals surface area contributed by atoms with Gasteiger partial charge in [0.05, 0.1) is 50.4 Å². The molecule has 1 fully saturated rings. The number of hydrazone groups is 1.